The monoisotopic (exact) mass is 435 g/mol. The maximum atomic E-state index is 13.4. The lowest BCUT2D eigenvalue weighted by Gasteiger charge is -2.14. The van der Waals surface area contributed by atoms with Gasteiger partial charge in [-0.25, -0.2) is 4.39 Å². The second kappa shape index (κ2) is 8.57. The smallest absolute Gasteiger partial charge is 0.256 e. The molecule has 31 heavy (non-hydrogen) atoms. The van der Waals surface area contributed by atoms with Gasteiger partial charge < -0.3 is 14.8 Å². The van der Waals surface area contributed by atoms with Gasteiger partial charge in [-0.05, 0) is 54.1 Å². The second-order valence-electron chi connectivity index (χ2n) is 6.66. The van der Waals surface area contributed by atoms with Gasteiger partial charge in [-0.15, -0.1) is 11.3 Å². The molecule has 1 heterocycles. The van der Waals surface area contributed by atoms with Gasteiger partial charge in [-0.3, -0.25) is 9.59 Å². The van der Waals surface area contributed by atoms with Crippen molar-refractivity contribution in [3.05, 3.63) is 88.3 Å². The molecular weight excluding hydrogens is 417 g/mol. The molecule has 0 aliphatic carbocycles. The van der Waals surface area contributed by atoms with Crippen LogP contribution in [0.4, 0.5) is 9.39 Å². The molecule has 3 aromatic carbocycles. The Morgan fingerprint density at radius 2 is 1.65 bits per heavy atom. The molecule has 7 heteroatoms. The number of carbonyl (C=O) groups is 1. The number of hydrogen-bond donors (Lipinski definition) is 1. The van der Waals surface area contributed by atoms with Crippen LogP contribution in [0.2, 0.25) is 0 Å². The molecule has 0 spiro atoms. The minimum absolute atomic E-state index is 0.212. The van der Waals surface area contributed by atoms with Crippen molar-refractivity contribution in [1.82, 2.24) is 0 Å². The maximum absolute atomic E-state index is 13.4. The summed E-state index contributed by atoms with van der Waals surface area (Å²) in [6, 6.07) is 17.6. The van der Waals surface area contributed by atoms with Crippen molar-refractivity contribution in [1.29, 1.82) is 0 Å². The van der Waals surface area contributed by atoms with Crippen molar-refractivity contribution >= 4 is 32.3 Å². The van der Waals surface area contributed by atoms with Gasteiger partial charge in [0.1, 0.15) is 10.8 Å². The van der Waals surface area contributed by atoms with E-state index >= 15 is 0 Å². The molecule has 1 amide bonds. The van der Waals surface area contributed by atoms with Gasteiger partial charge in [0.05, 0.1) is 19.8 Å². The van der Waals surface area contributed by atoms with E-state index in [1.165, 1.54) is 49.8 Å². The van der Waals surface area contributed by atoms with E-state index in [0.717, 1.165) is 4.70 Å². The second-order valence-corrected chi connectivity index (χ2v) is 7.71. The van der Waals surface area contributed by atoms with E-state index in [0.29, 0.717) is 33.0 Å². The predicted octanol–water partition coefficient (Wildman–Crippen LogP) is 5.34. The summed E-state index contributed by atoms with van der Waals surface area (Å²) < 4.78 is 24.6. The highest BCUT2D eigenvalue weighted by atomic mass is 32.1. The van der Waals surface area contributed by atoms with Gasteiger partial charge >= 0.3 is 0 Å². The van der Waals surface area contributed by atoms with Crippen LogP contribution in [-0.4, -0.2) is 20.1 Å². The van der Waals surface area contributed by atoms with Crippen molar-refractivity contribution < 1.29 is 18.7 Å². The Hall–Kier alpha value is -3.71. The number of carbonyl (C=O) groups excluding carboxylic acids is 1. The van der Waals surface area contributed by atoms with Crippen LogP contribution in [0.3, 0.4) is 0 Å². The molecule has 156 valence electrons. The number of halogens is 1. The summed E-state index contributed by atoms with van der Waals surface area (Å²) in [5.74, 6) is 0.124. The number of nitrogens with one attached hydrogen (secondary N) is 1. The molecule has 1 aromatic heterocycles. The molecule has 0 fully saturated rings. The molecule has 0 aliphatic rings. The van der Waals surface area contributed by atoms with E-state index in [-0.39, 0.29) is 11.0 Å². The van der Waals surface area contributed by atoms with Gasteiger partial charge in [0.2, 0.25) is 0 Å². The maximum Gasteiger partial charge on any atom is 0.256 e. The Morgan fingerprint density at radius 3 is 2.35 bits per heavy atom. The Balaban J connectivity index is 1.89. The Kier molecular flexibility index (Phi) is 5.68. The molecule has 1 N–H and O–H groups in total. The topological polar surface area (TPSA) is 64.6 Å². The lowest BCUT2D eigenvalue weighted by molar-refractivity contribution is 0.102. The van der Waals surface area contributed by atoms with Crippen molar-refractivity contribution in [2.24, 2.45) is 0 Å². The van der Waals surface area contributed by atoms with E-state index in [1.54, 1.807) is 30.3 Å². The van der Waals surface area contributed by atoms with Crippen LogP contribution < -0.4 is 20.2 Å². The highest BCUT2D eigenvalue weighted by molar-refractivity contribution is 7.22. The molecule has 0 saturated carbocycles. The Labute approximate surface area is 181 Å². The third-order valence-corrected chi connectivity index (χ3v) is 5.89. The average molecular weight is 435 g/mol. The van der Waals surface area contributed by atoms with E-state index < -0.39 is 11.7 Å². The van der Waals surface area contributed by atoms with Crippen LogP contribution in [0.1, 0.15) is 10.4 Å². The first-order chi connectivity index (χ1) is 15.0. The normalized spacial score (nSPS) is 10.7. The van der Waals surface area contributed by atoms with Crippen molar-refractivity contribution in [2.75, 3.05) is 19.5 Å². The van der Waals surface area contributed by atoms with Gasteiger partial charge in [0.25, 0.3) is 5.91 Å². The molecule has 0 radical (unpaired) electrons. The first-order valence-electron chi connectivity index (χ1n) is 9.37. The standard InChI is InChI=1S/C24H18FNO4S/c1-29-18-12-9-15(13-19(18)30-2)21-22(27)17-5-3-4-6-20(17)31-24(21)26-23(28)14-7-10-16(25)11-8-14/h3-13H,1-2H3,(H,26,28). The average Bonchev–Trinajstić information content (AvgIpc) is 2.79. The fourth-order valence-electron chi connectivity index (χ4n) is 3.26. The largest absolute Gasteiger partial charge is 0.493 e. The third kappa shape index (κ3) is 4.00. The number of fused-ring (bicyclic) bond motifs is 1. The summed E-state index contributed by atoms with van der Waals surface area (Å²) in [7, 11) is 3.04. The molecule has 0 atom stereocenters. The highest BCUT2D eigenvalue weighted by Crippen LogP contribution is 2.37. The van der Waals surface area contributed by atoms with Crippen molar-refractivity contribution in [2.45, 2.75) is 0 Å². The zero-order valence-corrected chi connectivity index (χ0v) is 17.6. The van der Waals surface area contributed by atoms with E-state index in [4.69, 9.17) is 9.47 Å². The fraction of sp³-hybridized carbons (Fsp3) is 0.0833. The quantitative estimate of drug-likeness (QED) is 0.460. The fourth-order valence-corrected chi connectivity index (χ4v) is 4.35. The number of benzene rings is 3. The van der Waals surface area contributed by atoms with E-state index in [2.05, 4.69) is 5.32 Å². The number of methoxy groups -OCH3 is 2. The number of anilines is 1. The van der Waals surface area contributed by atoms with Crippen LogP contribution in [0, 0.1) is 5.82 Å². The number of amides is 1. The molecule has 5 nitrogen and oxygen atoms in total. The third-order valence-electron chi connectivity index (χ3n) is 4.80. The van der Waals surface area contributed by atoms with Crippen LogP contribution in [-0.2, 0) is 0 Å². The van der Waals surface area contributed by atoms with Gasteiger partial charge in [0, 0.05) is 15.6 Å². The summed E-state index contributed by atoms with van der Waals surface area (Å²) in [5, 5.41) is 3.78. The summed E-state index contributed by atoms with van der Waals surface area (Å²) in [6.45, 7) is 0. The van der Waals surface area contributed by atoms with E-state index in [1.807, 2.05) is 12.1 Å². The first kappa shape index (κ1) is 20.6. The first-order valence-corrected chi connectivity index (χ1v) is 10.2. The molecule has 0 unspecified atom stereocenters. The number of ether oxygens (including phenoxy) is 2. The number of hydrogen-bond acceptors (Lipinski definition) is 5. The van der Waals surface area contributed by atoms with Crippen LogP contribution in [0.5, 0.6) is 11.5 Å². The molecule has 4 aromatic rings. The Bertz CT molecular complexity index is 1330. The Morgan fingerprint density at radius 1 is 0.935 bits per heavy atom. The minimum Gasteiger partial charge on any atom is -0.493 e. The molecule has 4 rings (SSSR count). The lowest BCUT2D eigenvalue weighted by atomic mass is 10.0. The summed E-state index contributed by atoms with van der Waals surface area (Å²) >= 11 is 1.29. The van der Waals surface area contributed by atoms with Crippen LogP contribution >= 0.6 is 11.3 Å². The summed E-state index contributed by atoms with van der Waals surface area (Å²) in [4.78, 5) is 26.2. The zero-order valence-electron chi connectivity index (χ0n) is 16.8. The highest BCUT2D eigenvalue weighted by Gasteiger charge is 2.19. The molecular formula is C24H18FNO4S. The van der Waals surface area contributed by atoms with Gasteiger partial charge in [-0.1, -0.05) is 18.2 Å². The predicted molar refractivity (Wildman–Crippen MR) is 121 cm³/mol. The van der Waals surface area contributed by atoms with Crippen LogP contribution in [0.15, 0.2) is 71.5 Å². The lowest BCUT2D eigenvalue weighted by Crippen LogP contribution is -2.15. The van der Waals surface area contributed by atoms with Crippen LogP contribution in [0.25, 0.3) is 21.2 Å². The van der Waals surface area contributed by atoms with E-state index in [9.17, 15) is 14.0 Å². The molecule has 0 saturated heterocycles. The molecule has 0 aliphatic heterocycles. The summed E-state index contributed by atoms with van der Waals surface area (Å²) in [5.41, 5.74) is 1.00. The zero-order chi connectivity index (χ0) is 22.0. The van der Waals surface area contributed by atoms with Crippen molar-refractivity contribution in [3.63, 3.8) is 0 Å². The molecule has 0 bridgehead atoms. The summed E-state index contributed by atoms with van der Waals surface area (Å²) in [6.07, 6.45) is 0. The van der Waals surface area contributed by atoms with Crippen molar-refractivity contribution in [3.8, 4) is 22.6 Å². The SMILES string of the molecule is COc1ccc(-c2c(NC(=O)c3ccc(F)cc3)sc3ccccc3c2=O)cc1OC. The minimum atomic E-state index is -0.437. The number of rotatable bonds is 5. The van der Waals surface area contributed by atoms with Gasteiger partial charge in [0.15, 0.2) is 16.9 Å². The van der Waals surface area contributed by atoms with Gasteiger partial charge in [-0.2, -0.15) is 0 Å².